The molecule has 1 aliphatic carbocycles. The first-order chi connectivity index (χ1) is 9.85. The standard InChI is InChI=1S/C14H14F3NO3/c15-9-2-3-10-11(8-9)21-7-6-18(10)12(19)14(16,17)13(20)4-1-5-13/h2-3,8,20H,1,4-7H2. The number of hydrogen-bond donors (Lipinski definition) is 1. The zero-order valence-corrected chi connectivity index (χ0v) is 11.1. The highest BCUT2D eigenvalue weighted by Gasteiger charge is 2.62. The third-order valence-corrected chi connectivity index (χ3v) is 4.06. The van der Waals surface area contributed by atoms with Crippen LogP contribution in [-0.2, 0) is 4.79 Å². The number of halogens is 3. The monoisotopic (exact) mass is 301 g/mol. The molecule has 0 bridgehead atoms. The molecule has 0 radical (unpaired) electrons. The number of anilines is 1. The molecule has 114 valence electrons. The van der Waals surface area contributed by atoms with Crippen molar-refractivity contribution >= 4 is 11.6 Å². The summed E-state index contributed by atoms with van der Waals surface area (Å²) in [6, 6.07) is 3.34. The van der Waals surface area contributed by atoms with Gasteiger partial charge in [-0.1, -0.05) is 0 Å². The molecule has 21 heavy (non-hydrogen) atoms. The highest BCUT2D eigenvalue weighted by Crippen LogP contribution is 2.46. The Balaban J connectivity index is 1.93. The maximum absolute atomic E-state index is 14.2. The quantitative estimate of drug-likeness (QED) is 0.910. The lowest BCUT2D eigenvalue weighted by Gasteiger charge is -2.43. The van der Waals surface area contributed by atoms with Crippen LogP contribution >= 0.6 is 0 Å². The summed E-state index contributed by atoms with van der Waals surface area (Å²) in [5.41, 5.74) is -2.18. The molecule has 4 nitrogen and oxygen atoms in total. The van der Waals surface area contributed by atoms with Crippen LogP contribution < -0.4 is 9.64 Å². The smallest absolute Gasteiger partial charge is 0.352 e. The van der Waals surface area contributed by atoms with Gasteiger partial charge in [0.15, 0.2) is 0 Å². The van der Waals surface area contributed by atoms with Crippen molar-refractivity contribution in [3.63, 3.8) is 0 Å². The lowest BCUT2D eigenvalue weighted by molar-refractivity contribution is -0.214. The van der Waals surface area contributed by atoms with Crippen molar-refractivity contribution in [1.29, 1.82) is 0 Å². The molecule has 1 N–H and O–H groups in total. The molecule has 1 fully saturated rings. The predicted molar refractivity (Wildman–Crippen MR) is 68.0 cm³/mol. The van der Waals surface area contributed by atoms with E-state index in [0.717, 1.165) is 17.0 Å². The number of amides is 1. The first-order valence-corrected chi connectivity index (χ1v) is 6.70. The first kappa shape index (κ1) is 14.2. The van der Waals surface area contributed by atoms with Crippen molar-refractivity contribution in [3.8, 4) is 5.75 Å². The molecule has 0 saturated heterocycles. The van der Waals surface area contributed by atoms with E-state index in [1.54, 1.807) is 0 Å². The maximum Gasteiger partial charge on any atom is 0.352 e. The third kappa shape index (κ3) is 2.07. The molecular weight excluding hydrogens is 287 g/mol. The van der Waals surface area contributed by atoms with E-state index in [1.807, 2.05) is 0 Å². The van der Waals surface area contributed by atoms with Crippen LogP contribution in [0.1, 0.15) is 19.3 Å². The zero-order valence-electron chi connectivity index (χ0n) is 11.1. The summed E-state index contributed by atoms with van der Waals surface area (Å²) in [6.07, 6.45) is 0.253. The number of alkyl halides is 2. The van der Waals surface area contributed by atoms with Gasteiger partial charge < -0.3 is 14.7 Å². The summed E-state index contributed by atoms with van der Waals surface area (Å²) in [6.45, 7) is -0.0696. The molecule has 1 aromatic rings. The molecule has 3 rings (SSSR count). The largest absolute Gasteiger partial charge is 0.489 e. The van der Waals surface area contributed by atoms with Crippen molar-refractivity contribution in [3.05, 3.63) is 24.0 Å². The van der Waals surface area contributed by atoms with Crippen LogP contribution in [-0.4, -0.2) is 35.7 Å². The van der Waals surface area contributed by atoms with Crippen LogP contribution in [0.5, 0.6) is 5.75 Å². The van der Waals surface area contributed by atoms with Crippen LogP contribution in [0, 0.1) is 5.82 Å². The lowest BCUT2D eigenvalue weighted by atomic mass is 9.75. The Hall–Kier alpha value is -1.76. The molecule has 7 heteroatoms. The lowest BCUT2D eigenvalue weighted by Crippen LogP contribution is -2.62. The zero-order chi connectivity index (χ0) is 15.3. The van der Waals surface area contributed by atoms with Gasteiger partial charge in [0.05, 0.1) is 12.2 Å². The predicted octanol–water partition coefficient (Wildman–Crippen LogP) is 2.10. The Kier molecular flexibility index (Phi) is 3.12. The fourth-order valence-corrected chi connectivity index (χ4v) is 2.60. The number of fused-ring (bicyclic) bond motifs is 1. The highest BCUT2D eigenvalue weighted by atomic mass is 19.3. The summed E-state index contributed by atoms with van der Waals surface area (Å²) in [7, 11) is 0. The molecule has 1 heterocycles. The van der Waals surface area contributed by atoms with E-state index in [9.17, 15) is 23.1 Å². The minimum Gasteiger partial charge on any atom is -0.489 e. The molecule has 0 atom stereocenters. The van der Waals surface area contributed by atoms with Crippen molar-refractivity contribution < 1.29 is 27.8 Å². The van der Waals surface area contributed by atoms with Gasteiger partial charge >= 0.3 is 11.8 Å². The van der Waals surface area contributed by atoms with Crippen LogP contribution in [0.15, 0.2) is 18.2 Å². The van der Waals surface area contributed by atoms with Crippen LogP contribution in [0.3, 0.4) is 0 Å². The van der Waals surface area contributed by atoms with Crippen LogP contribution in [0.2, 0.25) is 0 Å². The van der Waals surface area contributed by atoms with Gasteiger partial charge in [-0.15, -0.1) is 0 Å². The Morgan fingerprint density at radius 2 is 2.10 bits per heavy atom. The van der Waals surface area contributed by atoms with Crippen LogP contribution in [0.25, 0.3) is 0 Å². The van der Waals surface area contributed by atoms with Crippen molar-refractivity contribution in [2.24, 2.45) is 0 Å². The Morgan fingerprint density at radius 1 is 1.38 bits per heavy atom. The van der Waals surface area contributed by atoms with Gasteiger partial charge in [-0.25, -0.2) is 4.39 Å². The van der Waals surface area contributed by atoms with Gasteiger partial charge in [0.2, 0.25) is 0 Å². The summed E-state index contributed by atoms with van der Waals surface area (Å²) in [4.78, 5) is 13.0. The number of carbonyl (C=O) groups excluding carboxylic acids is 1. The van der Waals surface area contributed by atoms with Gasteiger partial charge in [-0.2, -0.15) is 8.78 Å². The van der Waals surface area contributed by atoms with Gasteiger partial charge in [0, 0.05) is 6.07 Å². The summed E-state index contributed by atoms with van der Waals surface area (Å²) >= 11 is 0. The molecule has 2 aliphatic rings. The summed E-state index contributed by atoms with van der Waals surface area (Å²) < 4.78 is 46.8. The Bertz CT molecular complexity index is 587. The average molecular weight is 301 g/mol. The molecule has 0 spiro atoms. The Labute approximate surface area is 119 Å². The summed E-state index contributed by atoms with van der Waals surface area (Å²) in [5, 5.41) is 9.84. The van der Waals surface area contributed by atoms with Gasteiger partial charge in [0.1, 0.15) is 23.8 Å². The number of rotatable bonds is 2. The number of hydrogen-bond acceptors (Lipinski definition) is 3. The molecule has 1 aromatic carbocycles. The minimum absolute atomic E-state index is 0.00327. The van der Waals surface area contributed by atoms with E-state index in [1.165, 1.54) is 6.07 Å². The van der Waals surface area contributed by atoms with Crippen LogP contribution in [0.4, 0.5) is 18.9 Å². The number of ether oxygens (including phenoxy) is 1. The molecule has 1 aliphatic heterocycles. The molecule has 1 saturated carbocycles. The normalized spacial score (nSPS) is 20.3. The fourth-order valence-electron chi connectivity index (χ4n) is 2.60. The van der Waals surface area contributed by atoms with E-state index < -0.39 is 23.2 Å². The number of nitrogens with zero attached hydrogens (tertiary/aromatic N) is 1. The van der Waals surface area contributed by atoms with Crippen molar-refractivity contribution in [2.45, 2.75) is 30.8 Å². The van der Waals surface area contributed by atoms with E-state index in [0.29, 0.717) is 6.42 Å². The highest BCUT2D eigenvalue weighted by molar-refractivity contribution is 6.00. The van der Waals surface area contributed by atoms with Gasteiger partial charge in [-0.05, 0) is 31.4 Å². The number of aliphatic hydroxyl groups is 1. The second-order valence-electron chi connectivity index (χ2n) is 5.38. The molecule has 1 amide bonds. The van der Waals surface area contributed by atoms with E-state index in [4.69, 9.17) is 4.74 Å². The number of carbonyl (C=O) groups is 1. The maximum atomic E-state index is 14.2. The van der Waals surface area contributed by atoms with E-state index in [2.05, 4.69) is 0 Å². The van der Waals surface area contributed by atoms with Gasteiger partial charge in [-0.3, -0.25) is 4.79 Å². The minimum atomic E-state index is -3.87. The number of benzene rings is 1. The second kappa shape index (κ2) is 4.62. The van der Waals surface area contributed by atoms with E-state index in [-0.39, 0.29) is 37.4 Å². The SMILES string of the molecule is O=C(N1CCOc2cc(F)ccc21)C(F)(F)C1(O)CCC1. The van der Waals surface area contributed by atoms with Gasteiger partial charge in [0.25, 0.3) is 0 Å². The second-order valence-corrected chi connectivity index (χ2v) is 5.38. The van der Waals surface area contributed by atoms with Crippen molar-refractivity contribution in [1.82, 2.24) is 0 Å². The fraction of sp³-hybridized carbons (Fsp3) is 0.500. The molecule has 0 aromatic heterocycles. The molecular formula is C14H14F3NO3. The topological polar surface area (TPSA) is 49.8 Å². The first-order valence-electron chi connectivity index (χ1n) is 6.70. The van der Waals surface area contributed by atoms with E-state index >= 15 is 0 Å². The Morgan fingerprint density at radius 3 is 2.71 bits per heavy atom. The average Bonchev–Trinajstić information content (AvgIpc) is 2.42. The molecule has 0 unspecified atom stereocenters. The third-order valence-electron chi connectivity index (χ3n) is 4.06. The summed E-state index contributed by atoms with van der Waals surface area (Å²) in [5.74, 6) is -5.87. The van der Waals surface area contributed by atoms with Crippen molar-refractivity contribution in [2.75, 3.05) is 18.1 Å².